The van der Waals surface area contributed by atoms with Crippen molar-refractivity contribution in [3.05, 3.63) is 40.3 Å². The Kier molecular flexibility index (Phi) is 6.89. The summed E-state index contributed by atoms with van der Waals surface area (Å²) in [5.74, 6) is 0.528. The van der Waals surface area contributed by atoms with Crippen LogP contribution in [-0.4, -0.2) is 38.8 Å². The summed E-state index contributed by atoms with van der Waals surface area (Å²) in [5.41, 5.74) is 4.29. The highest BCUT2D eigenvalue weighted by molar-refractivity contribution is 6.45. The number of carbonyl (C=O) groups excluding carboxylic acids is 1. The molecule has 0 saturated carbocycles. The molecule has 0 bridgehead atoms. The molecular weight excluding hydrogens is 483 g/mol. The van der Waals surface area contributed by atoms with Crippen LogP contribution in [0.2, 0.25) is 10.0 Å². The Morgan fingerprint density at radius 3 is 2.91 bits per heavy atom. The first kappa shape index (κ1) is 23.0. The number of alkyl halides is 1. The number of ether oxygens (including phenoxy) is 1. The van der Waals surface area contributed by atoms with Crippen LogP contribution in [0.25, 0.3) is 22.0 Å². The van der Waals surface area contributed by atoms with Gasteiger partial charge in [-0.25, -0.2) is 4.68 Å². The molecule has 1 fully saturated rings. The molecule has 33 heavy (non-hydrogen) atoms. The number of hydrogen-bond acceptors (Lipinski definition) is 3. The fourth-order valence-corrected chi connectivity index (χ4v) is 5.59. The maximum Gasteiger partial charge on any atom is 0.220 e. The monoisotopic (exact) mass is 508 g/mol. The summed E-state index contributed by atoms with van der Waals surface area (Å²) in [7, 11) is 0. The zero-order valence-corrected chi connectivity index (χ0v) is 20.6. The number of aromatic nitrogens is 3. The van der Waals surface area contributed by atoms with E-state index in [1.807, 2.05) is 23.0 Å². The first-order valence-corrected chi connectivity index (χ1v) is 12.9. The number of nitrogens with one attached hydrogen (secondary N) is 1. The summed E-state index contributed by atoms with van der Waals surface area (Å²) in [6, 6.07) is 3.92. The molecule has 2 aliphatic rings. The molecule has 1 aromatic carbocycles. The van der Waals surface area contributed by atoms with E-state index in [-0.39, 0.29) is 18.2 Å². The molecule has 1 N–H and O–H groups in total. The molecule has 2 atom stereocenters. The van der Waals surface area contributed by atoms with Crippen molar-refractivity contribution in [3.63, 3.8) is 0 Å². The molecular formula is C24H27Cl3N4O2. The Morgan fingerprint density at radius 2 is 2.12 bits per heavy atom. The van der Waals surface area contributed by atoms with Gasteiger partial charge in [-0.1, -0.05) is 29.3 Å². The van der Waals surface area contributed by atoms with Crippen molar-refractivity contribution < 1.29 is 9.53 Å². The number of carbonyl (C=O) groups is 1. The Hall–Kier alpha value is -1.73. The highest BCUT2D eigenvalue weighted by atomic mass is 35.5. The maximum absolute atomic E-state index is 12.3. The fourth-order valence-electron chi connectivity index (χ4n) is 5.04. The maximum atomic E-state index is 12.3. The summed E-state index contributed by atoms with van der Waals surface area (Å²) in [6.07, 6.45) is 10.0. The van der Waals surface area contributed by atoms with Crippen LogP contribution in [0.4, 0.5) is 0 Å². The number of hydrogen-bond donors (Lipinski definition) is 1. The molecule has 2 unspecified atom stereocenters. The van der Waals surface area contributed by atoms with Gasteiger partial charge in [-0.15, -0.1) is 11.6 Å². The standard InChI is InChI=1S/C24H27Cl3N4O2/c25-10-3-4-20(32)29-16-6-9-19-22(15-12-28-31(13-15)21-5-1-2-11-33-21)17-7-8-18(26)23(27)24(17)30(19)14-16/h7-8,12-13,16,21H,1-6,9-11,14H2,(H,29,32). The number of nitrogens with zero attached hydrogens (tertiary/aromatic N) is 3. The van der Waals surface area contributed by atoms with E-state index in [9.17, 15) is 4.79 Å². The molecule has 0 spiro atoms. The van der Waals surface area contributed by atoms with Crippen molar-refractivity contribution in [1.82, 2.24) is 19.7 Å². The van der Waals surface area contributed by atoms with Gasteiger partial charge in [-0.05, 0) is 44.6 Å². The number of benzene rings is 1. The van der Waals surface area contributed by atoms with E-state index in [0.717, 1.165) is 60.7 Å². The number of halogens is 3. The second-order valence-corrected chi connectivity index (χ2v) is 9.98. The van der Waals surface area contributed by atoms with Crippen LogP contribution >= 0.6 is 34.8 Å². The van der Waals surface area contributed by atoms with E-state index >= 15 is 0 Å². The van der Waals surface area contributed by atoms with Gasteiger partial charge in [0.05, 0.1) is 21.8 Å². The van der Waals surface area contributed by atoms with Gasteiger partial charge in [0, 0.05) is 59.9 Å². The minimum absolute atomic E-state index is 0.0113. The van der Waals surface area contributed by atoms with Crippen molar-refractivity contribution in [3.8, 4) is 11.1 Å². The summed E-state index contributed by atoms with van der Waals surface area (Å²) in [5, 5.41) is 9.91. The summed E-state index contributed by atoms with van der Waals surface area (Å²) < 4.78 is 10.1. The van der Waals surface area contributed by atoms with Crippen LogP contribution in [0.3, 0.4) is 0 Å². The first-order valence-electron chi connectivity index (χ1n) is 11.6. The SMILES string of the molecule is O=C(CCCCl)NC1CCc2c(-c3cnn(C4CCCCO4)c3)c3ccc(Cl)c(Cl)c3n2C1. The molecule has 1 saturated heterocycles. The smallest absolute Gasteiger partial charge is 0.220 e. The normalized spacial score (nSPS) is 20.7. The lowest BCUT2D eigenvalue weighted by atomic mass is 9.99. The second kappa shape index (κ2) is 9.87. The zero-order valence-electron chi connectivity index (χ0n) is 18.3. The highest BCUT2D eigenvalue weighted by Gasteiger charge is 2.29. The van der Waals surface area contributed by atoms with Crippen LogP contribution in [0, 0.1) is 0 Å². The largest absolute Gasteiger partial charge is 0.357 e. The number of rotatable bonds is 6. The average molecular weight is 510 g/mol. The van der Waals surface area contributed by atoms with Crippen molar-refractivity contribution in [2.24, 2.45) is 0 Å². The van der Waals surface area contributed by atoms with Gasteiger partial charge in [0.1, 0.15) is 6.23 Å². The van der Waals surface area contributed by atoms with Crippen LogP contribution in [0.15, 0.2) is 24.5 Å². The molecule has 2 aromatic heterocycles. The number of amides is 1. The minimum atomic E-state index is -0.0113. The average Bonchev–Trinajstić information content (AvgIpc) is 3.43. The quantitative estimate of drug-likeness (QED) is 0.417. The van der Waals surface area contributed by atoms with E-state index in [2.05, 4.69) is 21.2 Å². The lowest BCUT2D eigenvalue weighted by Crippen LogP contribution is -2.40. The minimum Gasteiger partial charge on any atom is -0.357 e. The molecule has 2 aliphatic heterocycles. The van der Waals surface area contributed by atoms with Crippen LogP contribution in [0.5, 0.6) is 0 Å². The van der Waals surface area contributed by atoms with Gasteiger partial charge >= 0.3 is 0 Å². The molecule has 6 nitrogen and oxygen atoms in total. The molecule has 1 amide bonds. The third-order valence-corrected chi connectivity index (χ3v) is 7.66. The van der Waals surface area contributed by atoms with Gasteiger partial charge in [0.25, 0.3) is 0 Å². The predicted molar refractivity (Wildman–Crippen MR) is 132 cm³/mol. The molecule has 5 rings (SSSR count). The summed E-state index contributed by atoms with van der Waals surface area (Å²) in [4.78, 5) is 12.3. The topological polar surface area (TPSA) is 61.1 Å². The van der Waals surface area contributed by atoms with Crippen LogP contribution in [0.1, 0.15) is 50.4 Å². The first-order chi connectivity index (χ1) is 16.1. The van der Waals surface area contributed by atoms with Crippen molar-refractivity contribution in [1.29, 1.82) is 0 Å². The highest BCUT2D eigenvalue weighted by Crippen LogP contribution is 2.43. The van der Waals surface area contributed by atoms with Crippen molar-refractivity contribution in [2.75, 3.05) is 12.5 Å². The Bertz CT molecular complexity index is 1170. The van der Waals surface area contributed by atoms with E-state index in [4.69, 9.17) is 39.5 Å². The van der Waals surface area contributed by atoms with Crippen molar-refractivity contribution >= 4 is 51.6 Å². The molecule has 3 aromatic rings. The van der Waals surface area contributed by atoms with E-state index in [1.54, 1.807) is 0 Å². The second-order valence-electron chi connectivity index (χ2n) is 8.82. The summed E-state index contributed by atoms with van der Waals surface area (Å²) >= 11 is 18.9. The van der Waals surface area contributed by atoms with Gasteiger partial charge in [-0.2, -0.15) is 5.10 Å². The van der Waals surface area contributed by atoms with E-state index < -0.39 is 0 Å². The molecule has 0 radical (unpaired) electrons. The van der Waals surface area contributed by atoms with Gasteiger partial charge in [-0.3, -0.25) is 4.79 Å². The third kappa shape index (κ3) is 4.51. The Labute approximate surface area is 208 Å². The fraction of sp³-hybridized carbons (Fsp3) is 0.500. The molecule has 176 valence electrons. The van der Waals surface area contributed by atoms with Gasteiger partial charge in [0.2, 0.25) is 5.91 Å². The molecule has 0 aliphatic carbocycles. The predicted octanol–water partition coefficient (Wildman–Crippen LogP) is 5.96. The van der Waals surface area contributed by atoms with Crippen molar-refractivity contribution in [2.45, 2.75) is 63.8 Å². The molecule has 4 heterocycles. The van der Waals surface area contributed by atoms with Gasteiger partial charge in [0.15, 0.2) is 0 Å². The Balaban J connectivity index is 1.52. The summed E-state index contributed by atoms with van der Waals surface area (Å²) in [6.45, 7) is 1.43. The lowest BCUT2D eigenvalue weighted by Gasteiger charge is -2.27. The Morgan fingerprint density at radius 1 is 1.24 bits per heavy atom. The van der Waals surface area contributed by atoms with Crippen LogP contribution < -0.4 is 5.32 Å². The lowest BCUT2D eigenvalue weighted by molar-refractivity contribution is -0.122. The number of fused-ring (bicyclic) bond motifs is 3. The van der Waals surface area contributed by atoms with Crippen LogP contribution in [-0.2, 0) is 22.5 Å². The third-order valence-electron chi connectivity index (χ3n) is 6.60. The zero-order chi connectivity index (χ0) is 22.9. The van der Waals surface area contributed by atoms with Gasteiger partial charge < -0.3 is 14.6 Å². The van der Waals surface area contributed by atoms with E-state index in [1.165, 1.54) is 5.69 Å². The molecule has 9 heteroatoms. The van der Waals surface area contributed by atoms with E-state index in [0.29, 0.717) is 35.3 Å².